The van der Waals surface area contributed by atoms with Crippen molar-refractivity contribution in [1.29, 1.82) is 0 Å². The van der Waals surface area contributed by atoms with Gasteiger partial charge in [-0.25, -0.2) is 0 Å². The number of thioether (sulfide) groups is 1. The summed E-state index contributed by atoms with van der Waals surface area (Å²) in [6, 6.07) is 10.7. The highest BCUT2D eigenvalue weighted by molar-refractivity contribution is 8.15. The molecule has 1 atom stereocenters. The van der Waals surface area contributed by atoms with E-state index in [9.17, 15) is 4.79 Å². The van der Waals surface area contributed by atoms with Crippen molar-refractivity contribution in [1.82, 2.24) is 5.32 Å². The highest BCUT2D eigenvalue weighted by Crippen LogP contribution is 2.29. The van der Waals surface area contributed by atoms with E-state index in [2.05, 4.69) is 15.5 Å². The van der Waals surface area contributed by atoms with Gasteiger partial charge in [0.25, 0.3) is 0 Å². The smallest absolute Gasteiger partial charge is 0.239 e. The summed E-state index contributed by atoms with van der Waals surface area (Å²) in [6.07, 6.45) is 2.06. The minimum atomic E-state index is -0.326. The topological polar surface area (TPSA) is 72.3 Å². The molecule has 1 fully saturated rings. The van der Waals surface area contributed by atoms with Crippen LogP contribution >= 0.6 is 35.0 Å². The Morgan fingerprint density at radius 3 is 2.76 bits per heavy atom. The number of nitrogens with one attached hydrogen (secondary N) is 1. The van der Waals surface area contributed by atoms with Crippen molar-refractivity contribution < 1.29 is 14.3 Å². The lowest BCUT2D eigenvalue weighted by molar-refractivity contribution is -0.118. The summed E-state index contributed by atoms with van der Waals surface area (Å²) in [5.74, 6) is 1.16. The fraction of sp³-hybridized carbons (Fsp3) is 0.250. The number of benzene rings is 2. The molecular weight excluding hydrogens is 433 g/mol. The summed E-state index contributed by atoms with van der Waals surface area (Å²) in [4.78, 5) is 12.2. The van der Waals surface area contributed by atoms with Crippen molar-refractivity contribution in [3.05, 3.63) is 57.6 Å². The molecule has 2 aromatic carbocycles. The molecule has 29 heavy (non-hydrogen) atoms. The van der Waals surface area contributed by atoms with Crippen LogP contribution in [0.4, 0.5) is 0 Å². The summed E-state index contributed by atoms with van der Waals surface area (Å²) < 4.78 is 10.8. The minimum Gasteiger partial charge on any atom is -0.493 e. The Morgan fingerprint density at radius 1 is 1.21 bits per heavy atom. The van der Waals surface area contributed by atoms with E-state index in [4.69, 9.17) is 32.7 Å². The lowest BCUT2D eigenvalue weighted by Gasteiger charge is -2.09. The van der Waals surface area contributed by atoms with Gasteiger partial charge < -0.3 is 14.8 Å². The second kappa shape index (κ2) is 10.0. The summed E-state index contributed by atoms with van der Waals surface area (Å²) in [7, 11) is 1.58. The average molecular weight is 452 g/mol. The SMILES string of the molecule is CCOc1ccc(/C=N/N=C2\NC(=O)C(Cc3ccc(Cl)cc3Cl)S2)cc1OC. The third-order valence-corrected chi connectivity index (χ3v) is 5.70. The molecule has 1 N–H and O–H groups in total. The molecule has 0 radical (unpaired) electrons. The first kappa shape index (κ1) is 21.5. The predicted octanol–water partition coefficient (Wildman–Crippen LogP) is 4.56. The van der Waals surface area contributed by atoms with Crippen LogP contribution in [-0.2, 0) is 11.2 Å². The van der Waals surface area contributed by atoms with Gasteiger partial charge in [-0.2, -0.15) is 5.10 Å². The van der Waals surface area contributed by atoms with Gasteiger partial charge in [0.15, 0.2) is 16.7 Å². The lowest BCUT2D eigenvalue weighted by Crippen LogP contribution is -2.26. The molecule has 1 unspecified atom stereocenters. The molecule has 1 amide bonds. The minimum absolute atomic E-state index is 0.127. The van der Waals surface area contributed by atoms with Crippen molar-refractivity contribution in [2.24, 2.45) is 10.2 Å². The Balaban J connectivity index is 1.65. The van der Waals surface area contributed by atoms with Crippen LogP contribution < -0.4 is 14.8 Å². The maximum absolute atomic E-state index is 12.2. The maximum atomic E-state index is 12.2. The average Bonchev–Trinajstić information content (AvgIpc) is 3.04. The number of nitrogens with zero attached hydrogens (tertiary/aromatic N) is 2. The maximum Gasteiger partial charge on any atom is 0.239 e. The van der Waals surface area contributed by atoms with Gasteiger partial charge in [0.05, 0.1) is 25.2 Å². The number of amidine groups is 1. The van der Waals surface area contributed by atoms with Gasteiger partial charge in [0.1, 0.15) is 0 Å². The van der Waals surface area contributed by atoms with Crippen LogP contribution in [0.1, 0.15) is 18.1 Å². The molecule has 3 rings (SSSR count). The fourth-order valence-electron chi connectivity index (χ4n) is 2.66. The van der Waals surface area contributed by atoms with E-state index < -0.39 is 0 Å². The molecule has 0 aromatic heterocycles. The van der Waals surface area contributed by atoms with E-state index in [0.717, 1.165) is 11.1 Å². The predicted molar refractivity (Wildman–Crippen MR) is 119 cm³/mol. The van der Waals surface area contributed by atoms with Gasteiger partial charge in [-0.1, -0.05) is 41.0 Å². The molecule has 1 aliphatic heterocycles. The molecular formula is C20H19Cl2N3O3S. The quantitative estimate of drug-likeness (QED) is 0.494. The van der Waals surface area contributed by atoms with Crippen LogP contribution in [0.25, 0.3) is 0 Å². The number of carbonyl (C=O) groups is 1. The summed E-state index contributed by atoms with van der Waals surface area (Å²) in [5.41, 5.74) is 1.66. The molecule has 1 aliphatic rings. The number of ether oxygens (including phenoxy) is 2. The van der Waals surface area contributed by atoms with Crippen molar-refractivity contribution >= 4 is 52.3 Å². The van der Waals surface area contributed by atoms with Crippen molar-refractivity contribution in [3.8, 4) is 11.5 Å². The zero-order chi connectivity index (χ0) is 20.8. The second-order valence-corrected chi connectivity index (χ2v) is 8.06. The van der Waals surface area contributed by atoms with Gasteiger partial charge in [-0.05, 0) is 54.8 Å². The zero-order valence-corrected chi connectivity index (χ0v) is 18.1. The molecule has 0 aliphatic carbocycles. The van der Waals surface area contributed by atoms with Crippen LogP contribution in [0.15, 0.2) is 46.6 Å². The van der Waals surface area contributed by atoms with Crippen LogP contribution in [0.2, 0.25) is 10.0 Å². The van der Waals surface area contributed by atoms with Crippen molar-refractivity contribution in [3.63, 3.8) is 0 Å². The Bertz CT molecular complexity index is 966. The largest absolute Gasteiger partial charge is 0.493 e. The first-order valence-corrected chi connectivity index (χ1v) is 10.5. The molecule has 9 heteroatoms. The Kier molecular flexibility index (Phi) is 7.41. The lowest BCUT2D eigenvalue weighted by atomic mass is 10.1. The monoisotopic (exact) mass is 451 g/mol. The number of methoxy groups -OCH3 is 1. The summed E-state index contributed by atoms with van der Waals surface area (Å²) in [5, 5.41) is 12.1. The van der Waals surface area contributed by atoms with Crippen LogP contribution in [0.3, 0.4) is 0 Å². The van der Waals surface area contributed by atoms with Gasteiger partial charge in [-0.3, -0.25) is 4.79 Å². The van der Waals surface area contributed by atoms with Crippen molar-refractivity contribution in [2.75, 3.05) is 13.7 Å². The molecule has 0 spiro atoms. The van der Waals surface area contributed by atoms with Gasteiger partial charge in [-0.15, -0.1) is 5.10 Å². The van der Waals surface area contributed by atoms with Gasteiger partial charge in [0.2, 0.25) is 5.91 Å². The van der Waals surface area contributed by atoms with Gasteiger partial charge >= 0.3 is 0 Å². The highest BCUT2D eigenvalue weighted by Gasteiger charge is 2.30. The highest BCUT2D eigenvalue weighted by atomic mass is 35.5. The van der Waals surface area contributed by atoms with E-state index in [0.29, 0.717) is 39.7 Å². The standard InChI is InChI=1S/C20H19Cl2N3O3S/c1-3-28-16-7-4-12(8-17(16)27-2)11-23-25-20-24-19(26)18(29-20)9-13-5-6-14(21)10-15(13)22/h4-8,10-11,18H,3,9H2,1-2H3,(H,24,25,26)/b23-11+. The zero-order valence-electron chi connectivity index (χ0n) is 15.8. The van der Waals surface area contributed by atoms with E-state index in [1.54, 1.807) is 31.5 Å². The number of amides is 1. The van der Waals surface area contributed by atoms with Crippen LogP contribution in [0.5, 0.6) is 11.5 Å². The number of halogens is 2. The molecule has 152 valence electrons. The third kappa shape index (κ3) is 5.65. The fourth-order valence-corrected chi connectivity index (χ4v) is 4.10. The number of hydrogen-bond acceptors (Lipinski definition) is 6. The number of rotatable bonds is 7. The van der Waals surface area contributed by atoms with Crippen LogP contribution in [-0.4, -0.2) is 36.3 Å². The molecule has 0 saturated carbocycles. The van der Waals surface area contributed by atoms with Crippen LogP contribution in [0, 0.1) is 0 Å². The number of hydrogen-bond donors (Lipinski definition) is 1. The Hall–Kier alpha value is -2.22. The van der Waals surface area contributed by atoms with E-state index in [1.165, 1.54) is 11.8 Å². The number of carbonyl (C=O) groups excluding carboxylic acids is 1. The molecule has 2 aromatic rings. The van der Waals surface area contributed by atoms with E-state index in [1.807, 2.05) is 25.1 Å². The first-order chi connectivity index (χ1) is 14.0. The molecule has 6 nitrogen and oxygen atoms in total. The Labute approximate surface area is 183 Å². The second-order valence-electron chi connectivity index (χ2n) is 6.03. The summed E-state index contributed by atoms with van der Waals surface area (Å²) in [6.45, 7) is 2.46. The first-order valence-electron chi connectivity index (χ1n) is 8.83. The van der Waals surface area contributed by atoms with Gasteiger partial charge in [0, 0.05) is 10.0 Å². The molecule has 0 bridgehead atoms. The Morgan fingerprint density at radius 2 is 2.03 bits per heavy atom. The summed E-state index contributed by atoms with van der Waals surface area (Å²) >= 11 is 13.4. The third-order valence-electron chi connectivity index (χ3n) is 4.04. The van der Waals surface area contributed by atoms with E-state index in [-0.39, 0.29) is 11.2 Å². The van der Waals surface area contributed by atoms with E-state index >= 15 is 0 Å². The molecule has 1 heterocycles. The van der Waals surface area contributed by atoms with Crippen molar-refractivity contribution in [2.45, 2.75) is 18.6 Å². The molecule has 1 saturated heterocycles. The normalized spacial score (nSPS) is 17.7.